The van der Waals surface area contributed by atoms with E-state index in [0.29, 0.717) is 18.0 Å². The fourth-order valence-electron chi connectivity index (χ4n) is 1.82. The van der Waals surface area contributed by atoms with Gasteiger partial charge in [0, 0.05) is 18.7 Å². The van der Waals surface area contributed by atoms with E-state index in [4.69, 9.17) is 0 Å². The first kappa shape index (κ1) is 15.6. The van der Waals surface area contributed by atoms with Gasteiger partial charge in [-0.25, -0.2) is 0 Å². The van der Waals surface area contributed by atoms with E-state index >= 15 is 0 Å². The highest BCUT2D eigenvalue weighted by Gasteiger charge is 2.14. The minimum Gasteiger partial charge on any atom is -0.387 e. The summed E-state index contributed by atoms with van der Waals surface area (Å²) in [4.78, 5) is 12.3. The van der Waals surface area contributed by atoms with Gasteiger partial charge in [0.2, 0.25) is 0 Å². The molecule has 0 aliphatic heterocycles. The maximum absolute atomic E-state index is 10.7. The van der Waals surface area contributed by atoms with Crippen molar-refractivity contribution in [3.8, 4) is 0 Å². The number of rotatable bonds is 7. The molecule has 1 atom stereocenters. The largest absolute Gasteiger partial charge is 0.387 e. The van der Waals surface area contributed by atoms with E-state index in [2.05, 4.69) is 13.8 Å². The summed E-state index contributed by atoms with van der Waals surface area (Å²) in [6, 6.07) is 6.18. The monoisotopic (exact) mass is 266 g/mol. The fraction of sp³-hybridized carbons (Fsp3) is 0.571. The van der Waals surface area contributed by atoms with Gasteiger partial charge in [-0.3, -0.25) is 10.1 Å². The van der Waals surface area contributed by atoms with Gasteiger partial charge in [-0.15, -0.1) is 0 Å². The normalized spacial score (nSPS) is 12.9. The molecule has 0 amide bonds. The summed E-state index contributed by atoms with van der Waals surface area (Å²) in [7, 11) is 1.95. The van der Waals surface area contributed by atoms with Crippen LogP contribution in [0.15, 0.2) is 24.3 Å². The van der Waals surface area contributed by atoms with Crippen molar-refractivity contribution in [2.75, 3.05) is 20.1 Å². The van der Waals surface area contributed by atoms with Crippen molar-refractivity contribution in [2.24, 2.45) is 5.92 Å². The van der Waals surface area contributed by atoms with Crippen LogP contribution in [0.5, 0.6) is 0 Å². The molecule has 5 heteroatoms. The van der Waals surface area contributed by atoms with Gasteiger partial charge < -0.3 is 10.0 Å². The molecule has 1 N–H and O–H groups in total. The fourth-order valence-corrected chi connectivity index (χ4v) is 1.82. The molecule has 106 valence electrons. The molecule has 0 aromatic heterocycles. The summed E-state index contributed by atoms with van der Waals surface area (Å²) in [6.07, 6.45) is 0.370. The Balaban J connectivity index is 2.59. The molecule has 5 nitrogen and oxygen atoms in total. The number of nitrogens with zero attached hydrogens (tertiary/aromatic N) is 2. The maximum Gasteiger partial charge on any atom is 0.269 e. The summed E-state index contributed by atoms with van der Waals surface area (Å²) >= 11 is 0. The van der Waals surface area contributed by atoms with Crippen LogP contribution >= 0.6 is 0 Å². The predicted octanol–water partition coefficient (Wildman–Crippen LogP) is 2.61. The van der Waals surface area contributed by atoms with Crippen molar-refractivity contribution in [1.82, 2.24) is 4.90 Å². The van der Waals surface area contributed by atoms with Gasteiger partial charge in [0.25, 0.3) is 5.69 Å². The van der Waals surface area contributed by atoms with E-state index in [9.17, 15) is 15.2 Å². The van der Waals surface area contributed by atoms with Crippen LogP contribution in [0, 0.1) is 16.0 Å². The SMILES string of the molecule is CC(C)CCN(C)CC(O)c1cccc([N+](=O)[O-])c1. The Hall–Kier alpha value is -1.46. The third kappa shape index (κ3) is 5.36. The first-order chi connectivity index (χ1) is 8.90. The molecule has 0 fully saturated rings. The van der Waals surface area contributed by atoms with Crippen LogP contribution in [-0.2, 0) is 0 Å². The summed E-state index contributed by atoms with van der Waals surface area (Å²) in [5.74, 6) is 0.623. The van der Waals surface area contributed by atoms with E-state index in [0.717, 1.165) is 13.0 Å². The topological polar surface area (TPSA) is 66.6 Å². The van der Waals surface area contributed by atoms with Gasteiger partial charge in [-0.05, 0) is 31.5 Å². The van der Waals surface area contributed by atoms with Crippen LogP contribution in [0.25, 0.3) is 0 Å². The van der Waals surface area contributed by atoms with Crippen LogP contribution in [0.2, 0.25) is 0 Å². The van der Waals surface area contributed by atoms with Crippen LogP contribution < -0.4 is 0 Å². The zero-order chi connectivity index (χ0) is 14.4. The molecule has 19 heavy (non-hydrogen) atoms. The zero-order valence-corrected chi connectivity index (χ0v) is 11.7. The highest BCUT2D eigenvalue weighted by molar-refractivity contribution is 5.35. The second-order valence-corrected chi connectivity index (χ2v) is 5.31. The first-order valence-corrected chi connectivity index (χ1v) is 6.51. The molecule has 0 aliphatic rings. The smallest absolute Gasteiger partial charge is 0.269 e. The summed E-state index contributed by atoms with van der Waals surface area (Å²) in [5, 5.41) is 20.8. The highest BCUT2D eigenvalue weighted by atomic mass is 16.6. The van der Waals surface area contributed by atoms with Crippen LogP contribution in [-0.4, -0.2) is 35.1 Å². The highest BCUT2D eigenvalue weighted by Crippen LogP contribution is 2.20. The van der Waals surface area contributed by atoms with E-state index in [1.807, 2.05) is 11.9 Å². The molecule has 0 saturated carbocycles. The molecule has 1 rings (SSSR count). The average Bonchev–Trinajstić information content (AvgIpc) is 2.36. The molecule has 0 bridgehead atoms. The Bertz CT molecular complexity index is 421. The number of non-ortho nitro benzene ring substituents is 1. The molecule has 1 aromatic rings. The van der Waals surface area contributed by atoms with Crippen molar-refractivity contribution in [2.45, 2.75) is 26.4 Å². The number of nitro benzene ring substituents is 1. The van der Waals surface area contributed by atoms with Gasteiger partial charge in [-0.2, -0.15) is 0 Å². The number of nitro groups is 1. The average molecular weight is 266 g/mol. The molecular weight excluding hydrogens is 244 g/mol. The van der Waals surface area contributed by atoms with Gasteiger partial charge in [0.1, 0.15) is 0 Å². The second kappa shape index (κ2) is 7.21. The van der Waals surface area contributed by atoms with Gasteiger partial charge in [0.05, 0.1) is 11.0 Å². The minimum atomic E-state index is -0.697. The number of aliphatic hydroxyl groups excluding tert-OH is 1. The van der Waals surface area contributed by atoms with Crippen molar-refractivity contribution in [3.05, 3.63) is 39.9 Å². The molecule has 0 heterocycles. The Kier molecular flexibility index (Phi) is 5.92. The van der Waals surface area contributed by atoms with E-state index in [-0.39, 0.29) is 5.69 Å². The predicted molar refractivity (Wildman–Crippen MR) is 75.0 cm³/mol. The maximum atomic E-state index is 10.7. The molecule has 1 unspecified atom stereocenters. The van der Waals surface area contributed by atoms with Crippen LogP contribution in [0.3, 0.4) is 0 Å². The Labute approximate surface area is 114 Å². The third-order valence-electron chi connectivity index (χ3n) is 3.04. The molecule has 0 aliphatic carbocycles. The molecule has 1 aromatic carbocycles. The quantitative estimate of drug-likeness (QED) is 0.608. The standard InChI is InChI=1S/C14H22N2O3/c1-11(2)7-8-15(3)10-14(17)12-5-4-6-13(9-12)16(18)19/h4-6,9,11,14,17H,7-8,10H2,1-3H3. The van der Waals surface area contributed by atoms with E-state index < -0.39 is 11.0 Å². The van der Waals surface area contributed by atoms with E-state index in [1.54, 1.807) is 12.1 Å². The second-order valence-electron chi connectivity index (χ2n) is 5.31. The summed E-state index contributed by atoms with van der Waals surface area (Å²) in [6.45, 7) is 5.70. The summed E-state index contributed by atoms with van der Waals surface area (Å²) in [5.41, 5.74) is 0.604. The van der Waals surface area contributed by atoms with Crippen molar-refractivity contribution in [1.29, 1.82) is 0 Å². The Morgan fingerprint density at radius 3 is 2.68 bits per heavy atom. The van der Waals surface area contributed by atoms with Gasteiger partial charge >= 0.3 is 0 Å². The lowest BCUT2D eigenvalue weighted by atomic mass is 10.1. The van der Waals surface area contributed by atoms with Crippen LogP contribution in [0.4, 0.5) is 5.69 Å². The number of benzene rings is 1. The number of aliphatic hydroxyl groups is 1. The Morgan fingerprint density at radius 1 is 1.42 bits per heavy atom. The van der Waals surface area contributed by atoms with Gasteiger partial charge in [-0.1, -0.05) is 26.0 Å². The minimum absolute atomic E-state index is 0.0152. The molecule has 0 saturated heterocycles. The first-order valence-electron chi connectivity index (χ1n) is 6.51. The van der Waals surface area contributed by atoms with Crippen molar-refractivity contribution in [3.63, 3.8) is 0 Å². The van der Waals surface area contributed by atoms with Crippen molar-refractivity contribution < 1.29 is 10.0 Å². The molecule has 0 radical (unpaired) electrons. The number of likely N-dealkylation sites (N-methyl/N-ethyl adjacent to an activating group) is 1. The number of hydrogen-bond acceptors (Lipinski definition) is 4. The lowest BCUT2D eigenvalue weighted by Crippen LogP contribution is -2.26. The lowest BCUT2D eigenvalue weighted by molar-refractivity contribution is -0.385. The van der Waals surface area contributed by atoms with E-state index in [1.165, 1.54) is 12.1 Å². The Morgan fingerprint density at radius 2 is 2.11 bits per heavy atom. The van der Waals surface area contributed by atoms with Crippen molar-refractivity contribution >= 4 is 5.69 Å². The zero-order valence-electron chi connectivity index (χ0n) is 11.7. The summed E-state index contributed by atoms with van der Waals surface area (Å²) < 4.78 is 0. The molecule has 0 spiro atoms. The third-order valence-corrected chi connectivity index (χ3v) is 3.04. The number of hydrogen-bond donors (Lipinski definition) is 1. The van der Waals surface area contributed by atoms with Gasteiger partial charge in [0.15, 0.2) is 0 Å². The molecular formula is C14H22N2O3. The lowest BCUT2D eigenvalue weighted by Gasteiger charge is -2.21. The van der Waals surface area contributed by atoms with Crippen LogP contribution in [0.1, 0.15) is 31.9 Å².